The second-order valence-electron chi connectivity index (χ2n) is 7.35. The summed E-state index contributed by atoms with van der Waals surface area (Å²) < 4.78 is 5.27. The molecule has 1 fully saturated rings. The van der Waals surface area contributed by atoms with Gasteiger partial charge in [0.25, 0.3) is 0 Å². The Bertz CT molecular complexity index is 609. The lowest BCUT2D eigenvalue weighted by Gasteiger charge is -2.40. The van der Waals surface area contributed by atoms with Gasteiger partial charge < -0.3 is 20.7 Å². The minimum atomic E-state index is -0.0503. The molecule has 0 aliphatic heterocycles. The number of hydrogen-bond donors (Lipinski definition) is 3. The molecule has 1 aliphatic rings. The normalized spacial score (nSPS) is 15.7. The summed E-state index contributed by atoms with van der Waals surface area (Å²) in [4.78, 5) is 15.9. The van der Waals surface area contributed by atoms with Gasteiger partial charge in [0.2, 0.25) is 5.91 Å². The van der Waals surface area contributed by atoms with Crippen LogP contribution in [0.1, 0.15) is 45.1 Å². The van der Waals surface area contributed by atoms with Crippen molar-refractivity contribution < 1.29 is 9.53 Å². The number of carbonyl (C=O) groups is 1. The molecule has 0 aromatic heterocycles. The first-order valence-corrected chi connectivity index (χ1v) is 9.94. The van der Waals surface area contributed by atoms with Crippen molar-refractivity contribution in [3.63, 3.8) is 0 Å². The molecule has 0 saturated heterocycles. The van der Waals surface area contributed by atoms with E-state index >= 15 is 0 Å². The highest BCUT2D eigenvalue weighted by Crippen LogP contribution is 2.44. The Morgan fingerprint density at radius 2 is 1.96 bits per heavy atom. The number of nitrogens with zero attached hydrogens (tertiary/aromatic N) is 1. The van der Waals surface area contributed by atoms with Gasteiger partial charge in [-0.15, -0.1) is 0 Å². The highest BCUT2D eigenvalue weighted by atomic mass is 16.5. The van der Waals surface area contributed by atoms with Crippen molar-refractivity contribution in [3.05, 3.63) is 29.8 Å². The van der Waals surface area contributed by atoms with Crippen LogP contribution in [0.25, 0.3) is 0 Å². The summed E-state index contributed by atoms with van der Waals surface area (Å²) in [7, 11) is 1.77. The van der Waals surface area contributed by atoms with E-state index in [1.165, 1.54) is 31.7 Å². The molecular weight excluding hydrogens is 340 g/mol. The van der Waals surface area contributed by atoms with Crippen molar-refractivity contribution in [2.45, 2.75) is 46.0 Å². The Morgan fingerprint density at radius 1 is 1.22 bits per heavy atom. The molecule has 2 rings (SSSR count). The van der Waals surface area contributed by atoms with Crippen LogP contribution in [-0.4, -0.2) is 45.2 Å². The van der Waals surface area contributed by atoms with Crippen molar-refractivity contribution in [2.75, 3.05) is 38.7 Å². The van der Waals surface area contributed by atoms with E-state index < -0.39 is 0 Å². The fraction of sp³-hybridized carbons (Fsp3) is 0.619. The molecule has 1 aromatic carbocycles. The van der Waals surface area contributed by atoms with E-state index in [-0.39, 0.29) is 5.91 Å². The number of guanidine groups is 1. The first kappa shape index (κ1) is 21.2. The summed E-state index contributed by atoms with van der Waals surface area (Å²) in [5.41, 5.74) is 2.39. The summed E-state index contributed by atoms with van der Waals surface area (Å²) >= 11 is 0. The number of nitrogens with one attached hydrogen (secondary N) is 3. The second kappa shape index (κ2) is 10.9. The monoisotopic (exact) mass is 374 g/mol. The SMILES string of the molecule is CCNC(=NCC1(CCOC)CCC1)NCCc1ccc(NC(C)=O)cc1. The molecule has 1 amide bonds. The average Bonchev–Trinajstić information content (AvgIpc) is 2.61. The molecule has 0 radical (unpaired) electrons. The maximum Gasteiger partial charge on any atom is 0.221 e. The number of rotatable bonds is 10. The Labute approximate surface area is 163 Å². The van der Waals surface area contributed by atoms with Gasteiger partial charge in [-0.25, -0.2) is 0 Å². The first-order valence-electron chi connectivity index (χ1n) is 9.94. The molecule has 6 nitrogen and oxygen atoms in total. The van der Waals surface area contributed by atoms with E-state index in [2.05, 4.69) is 22.9 Å². The second-order valence-corrected chi connectivity index (χ2v) is 7.35. The van der Waals surface area contributed by atoms with Gasteiger partial charge in [0, 0.05) is 46.0 Å². The van der Waals surface area contributed by atoms with E-state index in [0.717, 1.165) is 50.7 Å². The van der Waals surface area contributed by atoms with Gasteiger partial charge in [0.15, 0.2) is 5.96 Å². The average molecular weight is 375 g/mol. The van der Waals surface area contributed by atoms with E-state index in [4.69, 9.17) is 9.73 Å². The molecule has 6 heteroatoms. The maximum absolute atomic E-state index is 11.1. The van der Waals surface area contributed by atoms with Crippen LogP contribution in [0, 0.1) is 5.41 Å². The number of anilines is 1. The smallest absolute Gasteiger partial charge is 0.221 e. The number of aliphatic imine (C=N–C) groups is 1. The maximum atomic E-state index is 11.1. The van der Waals surface area contributed by atoms with Crippen LogP contribution in [-0.2, 0) is 16.0 Å². The zero-order chi connectivity index (χ0) is 19.5. The molecule has 150 valence electrons. The van der Waals surface area contributed by atoms with Crippen LogP contribution >= 0.6 is 0 Å². The largest absolute Gasteiger partial charge is 0.385 e. The standard InChI is InChI=1S/C21H34N4O2/c1-4-22-20(24-16-21(11-5-12-21)13-15-27-3)23-14-10-18-6-8-19(9-7-18)25-17(2)26/h6-9H,4-5,10-16H2,1-3H3,(H,25,26)(H2,22,23,24). The number of hydrogen-bond acceptors (Lipinski definition) is 3. The van der Waals surface area contributed by atoms with Crippen LogP contribution in [0.2, 0.25) is 0 Å². The van der Waals surface area contributed by atoms with Crippen LogP contribution in [0.4, 0.5) is 5.69 Å². The summed E-state index contributed by atoms with van der Waals surface area (Å²) in [5.74, 6) is 0.835. The Morgan fingerprint density at radius 3 is 2.52 bits per heavy atom. The first-order chi connectivity index (χ1) is 13.1. The third-order valence-corrected chi connectivity index (χ3v) is 5.15. The minimum Gasteiger partial charge on any atom is -0.385 e. The van der Waals surface area contributed by atoms with Gasteiger partial charge >= 0.3 is 0 Å². The van der Waals surface area contributed by atoms with Gasteiger partial charge in [-0.3, -0.25) is 9.79 Å². The number of amides is 1. The number of carbonyl (C=O) groups excluding carboxylic acids is 1. The van der Waals surface area contributed by atoms with E-state index in [1.54, 1.807) is 7.11 Å². The fourth-order valence-corrected chi connectivity index (χ4v) is 3.35. The number of methoxy groups -OCH3 is 1. The lowest BCUT2D eigenvalue weighted by atomic mass is 9.67. The highest BCUT2D eigenvalue weighted by molar-refractivity contribution is 5.88. The predicted octanol–water partition coefficient (Wildman–Crippen LogP) is 2.95. The lowest BCUT2D eigenvalue weighted by molar-refractivity contribution is -0.114. The molecule has 1 aromatic rings. The van der Waals surface area contributed by atoms with Crippen molar-refractivity contribution >= 4 is 17.6 Å². The Kier molecular flexibility index (Phi) is 8.58. The molecule has 0 bridgehead atoms. The van der Waals surface area contributed by atoms with Crippen LogP contribution in [0.5, 0.6) is 0 Å². The topological polar surface area (TPSA) is 74.8 Å². The number of benzene rings is 1. The third kappa shape index (κ3) is 7.21. The van der Waals surface area contributed by atoms with Gasteiger partial charge in [0.1, 0.15) is 0 Å². The van der Waals surface area contributed by atoms with E-state index in [9.17, 15) is 4.79 Å². The Balaban J connectivity index is 1.82. The zero-order valence-electron chi connectivity index (χ0n) is 16.9. The molecule has 27 heavy (non-hydrogen) atoms. The molecule has 0 heterocycles. The van der Waals surface area contributed by atoms with Gasteiger partial charge in [-0.05, 0) is 55.7 Å². The molecule has 3 N–H and O–H groups in total. The van der Waals surface area contributed by atoms with Crippen molar-refractivity contribution in [2.24, 2.45) is 10.4 Å². The lowest BCUT2D eigenvalue weighted by Crippen LogP contribution is -2.41. The minimum absolute atomic E-state index is 0.0503. The highest BCUT2D eigenvalue weighted by Gasteiger charge is 2.36. The molecule has 0 atom stereocenters. The summed E-state index contributed by atoms with van der Waals surface area (Å²) in [6, 6.07) is 7.97. The van der Waals surface area contributed by atoms with Crippen molar-refractivity contribution in [1.82, 2.24) is 10.6 Å². The van der Waals surface area contributed by atoms with Crippen LogP contribution in [0.3, 0.4) is 0 Å². The Hall–Kier alpha value is -2.08. The summed E-state index contributed by atoms with van der Waals surface area (Å²) in [5, 5.41) is 9.55. The van der Waals surface area contributed by atoms with Gasteiger partial charge in [-0.1, -0.05) is 18.6 Å². The van der Waals surface area contributed by atoms with Crippen LogP contribution < -0.4 is 16.0 Å². The molecular formula is C21H34N4O2. The fourth-order valence-electron chi connectivity index (χ4n) is 3.35. The molecule has 0 spiro atoms. The zero-order valence-corrected chi connectivity index (χ0v) is 16.9. The summed E-state index contributed by atoms with van der Waals surface area (Å²) in [6.45, 7) is 6.94. The van der Waals surface area contributed by atoms with Gasteiger partial charge in [0.05, 0.1) is 0 Å². The van der Waals surface area contributed by atoms with E-state index in [0.29, 0.717) is 5.41 Å². The van der Waals surface area contributed by atoms with Crippen molar-refractivity contribution in [1.29, 1.82) is 0 Å². The quantitative estimate of drug-likeness (QED) is 0.435. The van der Waals surface area contributed by atoms with Crippen molar-refractivity contribution in [3.8, 4) is 0 Å². The molecule has 0 unspecified atom stereocenters. The van der Waals surface area contributed by atoms with E-state index in [1.807, 2.05) is 24.3 Å². The molecule has 1 saturated carbocycles. The summed E-state index contributed by atoms with van der Waals surface area (Å²) in [6.07, 6.45) is 5.80. The van der Waals surface area contributed by atoms with Crippen LogP contribution in [0.15, 0.2) is 29.3 Å². The number of ether oxygens (including phenoxy) is 1. The molecule has 1 aliphatic carbocycles. The van der Waals surface area contributed by atoms with Gasteiger partial charge in [-0.2, -0.15) is 0 Å². The third-order valence-electron chi connectivity index (χ3n) is 5.15. The predicted molar refractivity (Wildman–Crippen MR) is 111 cm³/mol.